The van der Waals surface area contributed by atoms with Crippen molar-refractivity contribution in [3.63, 3.8) is 0 Å². The number of benzene rings is 1. The Morgan fingerprint density at radius 1 is 1.25 bits per heavy atom. The molecule has 1 aromatic heterocycles. The number of rotatable bonds is 3. The fourth-order valence-electron chi connectivity index (χ4n) is 1.68. The predicted octanol–water partition coefficient (Wildman–Crippen LogP) is 2.61. The molecule has 0 atom stereocenters. The normalized spacial score (nSPS) is 10.3. The topological polar surface area (TPSA) is 53.1 Å². The van der Waals surface area contributed by atoms with Crippen molar-refractivity contribution in [1.29, 1.82) is 0 Å². The number of hydrogen-bond acceptors (Lipinski definition) is 1. The molecular formula is C13H13NO2. The zero-order valence-electron chi connectivity index (χ0n) is 9.03. The van der Waals surface area contributed by atoms with Crippen LogP contribution in [-0.4, -0.2) is 16.1 Å². The smallest absolute Gasteiger partial charge is 0.352 e. The number of carboxylic acid groups (broad SMARTS) is 1. The number of hydrogen-bond donors (Lipinski definition) is 2. The molecule has 0 aliphatic heterocycles. The summed E-state index contributed by atoms with van der Waals surface area (Å²) in [5, 5.41) is 8.79. The molecule has 2 N–H and O–H groups in total. The van der Waals surface area contributed by atoms with Crippen molar-refractivity contribution in [2.75, 3.05) is 0 Å². The molecule has 0 bridgehead atoms. The molecule has 0 spiro atoms. The molecule has 3 nitrogen and oxygen atoms in total. The van der Waals surface area contributed by atoms with Gasteiger partial charge in [0, 0.05) is 12.1 Å². The molecule has 0 unspecified atom stereocenters. The summed E-state index contributed by atoms with van der Waals surface area (Å²) in [5.74, 6) is -0.920. The molecule has 0 fully saturated rings. The highest BCUT2D eigenvalue weighted by atomic mass is 16.4. The van der Waals surface area contributed by atoms with Gasteiger partial charge in [0.1, 0.15) is 5.69 Å². The van der Waals surface area contributed by atoms with Crippen LogP contribution in [0.2, 0.25) is 0 Å². The van der Waals surface area contributed by atoms with Crippen molar-refractivity contribution in [2.45, 2.75) is 13.3 Å². The average molecular weight is 215 g/mol. The number of aromatic amines is 1. The van der Waals surface area contributed by atoms with E-state index in [1.807, 2.05) is 18.2 Å². The Balaban J connectivity index is 2.21. The van der Waals surface area contributed by atoms with Crippen LogP contribution in [0, 0.1) is 6.92 Å². The lowest BCUT2D eigenvalue weighted by Gasteiger charge is -2.03. The van der Waals surface area contributed by atoms with Gasteiger partial charge in [0.15, 0.2) is 0 Å². The van der Waals surface area contributed by atoms with Crippen molar-refractivity contribution in [2.24, 2.45) is 0 Å². The minimum Gasteiger partial charge on any atom is -0.477 e. The van der Waals surface area contributed by atoms with Crippen LogP contribution in [-0.2, 0) is 6.42 Å². The Labute approximate surface area is 93.7 Å². The van der Waals surface area contributed by atoms with Gasteiger partial charge in [-0.15, -0.1) is 0 Å². The van der Waals surface area contributed by atoms with E-state index in [-0.39, 0.29) is 5.69 Å². The van der Waals surface area contributed by atoms with Crippen molar-refractivity contribution in [3.8, 4) is 0 Å². The molecular weight excluding hydrogens is 202 g/mol. The van der Waals surface area contributed by atoms with E-state index in [1.54, 1.807) is 6.07 Å². The number of aromatic nitrogens is 1. The summed E-state index contributed by atoms with van der Waals surface area (Å²) in [5.41, 5.74) is 3.59. The van der Waals surface area contributed by atoms with Gasteiger partial charge in [-0.2, -0.15) is 0 Å². The van der Waals surface area contributed by atoms with Crippen molar-refractivity contribution < 1.29 is 9.90 Å². The molecule has 0 saturated carbocycles. The highest BCUT2D eigenvalue weighted by Gasteiger charge is 2.06. The van der Waals surface area contributed by atoms with Crippen LogP contribution in [0.4, 0.5) is 0 Å². The molecule has 82 valence electrons. The SMILES string of the molecule is Cc1ccccc1Cc1ccc(C(=O)O)[nH]1. The third-order valence-electron chi connectivity index (χ3n) is 2.62. The Morgan fingerprint density at radius 3 is 2.62 bits per heavy atom. The van der Waals surface area contributed by atoms with Gasteiger partial charge < -0.3 is 10.1 Å². The molecule has 3 heteroatoms. The number of H-pyrrole nitrogens is 1. The van der Waals surface area contributed by atoms with Gasteiger partial charge in [0.25, 0.3) is 0 Å². The average Bonchev–Trinajstić information content (AvgIpc) is 2.70. The van der Waals surface area contributed by atoms with E-state index in [4.69, 9.17) is 5.11 Å². The van der Waals surface area contributed by atoms with E-state index < -0.39 is 5.97 Å². The first-order chi connectivity index (χ1) is 7.66. The van der Waals surface area contributed by atoms with E-state index in [9.17, 15) is 4.79 Å². The number of aromatic carboxylic acids is 1. The quantitative estimate of drug-likeness (QED) is 0.826. The van der Waals surface area contributed by atoms with Crippen LogP contribution < -0.4 is 0 Å². The van der Waals surface area contributed by atoms with Crippen molar-refractivity contribution in [3.05, 3.63) is 58.9 Å². The molecule has 16 heavy (non-hydrogen) atoms. The lowest BCUT2D eigenvalue weighted by molar-refractivity contribution is 0.0691. The van der Waals surface area contributed by atoms with Crippen LogP contribution in [0.15, 0.2) is 36.4 Å². The number of nitrogens with one attached hydrogen (secondary N) is 1. The van der Waals surface area contributed by atoms with Crippen LogP contribution in [0.1, 0.15) is 27.3 Å². The van der Waals surface area contributed by atoms with Crippen molar-refractivity contribution in [1.82, 2.24) is 4.98 Å². The van der Waals surface area contributed by atoms with Crippen LogP contribution in [0.3, 0.4) is 0 Å². The number of carboxylic acids is 1. The standard InChI is InChI=1S/C13H13NO2/c1-9-4-2-3-5-10(9)8-11-6-7-12(14-11)13(15)16/h2-7,14H,8H2,1H3,(H,15,16). The molecule has 0 aliphatic carbocycles. The van der Waals surface area contributed by atoms with Gasteiger partial charge in [-0.1, -0.05) is 24.3 Å². The first-order valence-electron chi connectivity index (χ1n) is 5.12. The fourth-order valence-corrected chi connectivity index (χ4v) is 1.68. The monoisotopic (exact) mass is 215 g/mol. The third-order valence-corrected chi connectivity index (χ3v) is 2.62. The minimum atomic E-state index is -0.920. The Kier molecular flexibility index (Phi) is 2.77. The summed E-state index contributed by atoms with van der Waals surface area (Å²) < 4.78 is 0. The summed E-state index contributed by atoms with van der Waals surface area (Å²) in [6.07, 6.45) is 0.736. The molecule has 0 amide bonds. The van der Waals surface area contributed by atoms with Gasteiger partial charge in [-0.25, -0.2) is 4.79 Å². The lowest BCUT2D eigenvalue weighted by Crippen LogP contribution is -1.97. The van der Waals surface area contributed by atoms with Crippen molar-refractivity contribution >= 4 is 5.97 Å². The summed E-state index contributed by atoms with van der Waals surface area (Å²) in [6.45, 7) is 2.05. The third kappa shape index (κ3) is 2.14. The van der Waals surface area contributed by atoms with E-state index in [2.05, 4.69) is 24.0 Å². The van der Waals surface area contributed by atoms with Crippen LogP contribution in [0.25, 0.3) is 0 Å². The molecule has 2 rings (SSSR count). The molecule has 2 aromatic rings. The fraction of sp³-hybridized carbons (Fsp3) is 0.154. The Bertz CT molecular complexity index is 514. The highest BCUT2D eigenvalue weighted by Crippen LogP contribution is 2.13. The van der Waals surface area contributed by atoms with Gasteiger partial charge in [0.2, 0.25) is 0 Å². The van der Waals surface area contributed by atoms with Crippen LogP contribution in [0.5, 0.6) is 0 Å². The van der Waals surface area contributed by atoms with E-state index in [0.29, 0.717) is 0 Å². The predicted molar refractivity (Wildman–Crippen MR) is 61.7 cm³/mol. The first kappa shape index (κ1) is 10.5. The lowest BCUT2D eigenvalue weighted by atomic mass is 10.0. The molecule has 1 heterocycles. The summed E-state index contributed by atoms with van der Waals surface area (Å²) in [7, 11) is 0. The van der Waals surface area contributed by atoms with E-state index in [1.165, 1.54) is 11.1 Å². The number of aryl methyl sites for hydroxylation is 1. The van der Waals surface area contributed by atoms with E-state index >= 15 is 0 Å². The zero-order valence-corrected chi connectivity index (χ0v) is 9.03. The summed E-state index contributed by atoms with van der Waals surface area (Å²) >= 11 is 0. The molecule has 0 radical (unpaired) electrons. The maximum atomic E-state index is 10.7. The Morgan fingerprint density at radius 2 is 2.00 bits per heavy atom. The second-order valence-corrected chi connectivity index (χ2v) is 3.81. The molecule has 0 aliphatic rings. The Hall–Kier alpha value is -2.03. The van der Waals surface area contributed by atoms with Gasteiger partial charge >= 0.3 is 5.97 Å². The maximum Gasteiger partial charge on any atom is 0.352 e. The second-order valence-electron chi connectivity index (χ2n) is 3.81. The van der Waals surface area contributed by atoms with Gasteiger partial charge in [-0.05, 0) is 30.2 Å². The first-order valence-corrected chi connectivity index (χ1v) is 5.12. The van der Waals surface area contributed by atoms with Gasteiger partial charge in [0.05, 0.1) is 0 Å². The van der Waals surface area contributed by atoms with E-state index in [0.717, 1.165) is 12.1 Å². The molecule has 1 aromatic carbocycles. The maximum absolute atomic E-state index is 10.7. The van der Waals surface area contributed by atoms with Gasteiger partial charge in [-0.3, -0.25) is 0 Å². The minimum absolute atomic E-state index is 0.239. The summed E-state index contributed by atoms with van der Waals surface area (Å²) in [4.78, 5) is 13.6. The van der Waals surface area contributed by atoms with Crippen LogP contribution >= 0.6 is 0 Å². The summed E-state index contributed by atoms with van der Waals surface area (Å²) in [6, 6.07) is 11.5. The second kappa shape index (κ2) is 4.23. The highest BCUT2D eigenvalue weighted by molar-refractivity contribution is 5.85. The zero-order chi connectivity index (χ0) is 11.5. The largest absolute Gasteiger partial charge is 0.477 e. The molecule has 0 saturated heterocycles. The number of carbonyl (C=O) groups is 1.